The van der Waals surface area contributed by atoms with Crippen LogP contribution < -0.4 is 0 Å². The van der Waals surface area contributed by atoms with Gasteiger partial charge in [-0.2, -0.15) is 13.2 Å². The molecule has 1 aromatic heterocycles. The summed E-state index contributed by atoms with van der Waals surface area (Å²) in [6, 6.07) is 16.6. The minimum atomic E-state index is -4.88. The Kier molecular flexibility index (Phi) is 3.60. The highest BCUT2D eigenvalue weighted by atomic mass is 19.4. The zero-order valence-electron chi connectivity index (χ0n) is 19.9. The molecule has 0 amide bonds. The van der Waals surface area contributed by atoms with Crippen LogP contribution in [-0.2, 0) is 6.37 Å². The Morgan fingerprint density at radius 3 is 2.30 bits per heavy atom. The van der Waals surface area contributed by atoms with E-state index >= 15 is 0 Å². The van der Waals surface area contributed by atoms with Crippen LogP contribution in [0.3, 0.4) is 0 Å². The van der Waals surface area contributed by atoms with Gasteiger partial charge in [-0.25, -0.2) is 0 Å². The number of pyridine rings is 1. The fraction of sp³-hybridized carbons (Fsp3) is 0.261. The molecule has 0 spiro atoms. The summed E-state index contributed by atoms with van der Waals surface area (Å²) in [5.74, 6) is 0. The number of nitrogens with zero attached hydrogens (tertiary/aromatic N) is 1. The highest BCUT2D eigenvalue weighted by Crippen LogP contribution is 2.41. The van der Waals surface area contributed by atoms with Crippen molar-refractivity contribution in [3.63, 3.8) is 0 Å². The van der Waals surface area contributed by atoms with Gasteiger partial charge in [0.05, 0.1) is 11.1 Å². The van der Waals surface area contributed by atoms with Crippen molar-refractivity contribution in [3.8, 4) is 22.4 Å². The van der Waals surface area contributed by atoms with E-state index in [-0.39, 0.29) is 0 Å². The number of halogens is 3. The molecule has 0 aliphatic rings. The normalized spacial score (nSPS) is 16.0. The van der Waals surface area contributed by atoms with Crippen molar-refractivity contribution in [3.05, 3.63) is 78.0 Å². The van der Waals surface area contributed by atoms with Crippen molar-refractivity contribution in [1.29, 1.82) is 0 Å². The Hall–Kier alpha value is -2.62. The fourth-order valence-corrected chi connectivity index (χ4v) is 2.62. The molecule has 0 atom stereocenters. The van der Waals surface area contributed by atoms with E-state index in [4.69, 9.17) is 6.85 Å². The summed E-state index contributed by atoms with van der Waals surface area (Å²) in [7, 11) is 0. The molecule has 0 bridgehead atoms. The molecule has 0 radical (unpaired) electrons. The molecular formula is C23H22F3N. The van der Waals surface area contributed by atoms with Crippen molar-refractivity contribution in [2.45, 2.75) is 33.2 Å². The molecule has 140 valence electrons. The maximum absolute atomic E-state index is 13.6. The third-order valence-corrected chi connectivity index (χ3v) is 4.34. The van der Waals surface area contributed by atoms with E-state index in [1.807, 2.05) is 30.3 Å². The van der Waals surface area contributed by atoms with Gasteiger partial charge in [0.2, 0.25) is 0 Å². The third-order valence-electron chi connectivity index (χ3n) is 4.34. The highest BCUT2D eigenvalue weighted by Gasteiger charge is 2.47. The first-order valence-electron chi connectivity index (χ1n) is 10.9. The monoisotopic (exact) mass is 374 g/mol. The zero-order chi connectivity index (χ0) is 23.9. The summed E-state index contributed by atoms with van der Waals surface area (Å²) in [6.07, 6.45) is -6.29. The fourth-order valence-electron chi connectivity index (χ4n) is 2.62. The Morgan fingerprint density at radius 1 is 0.926 bits per heavy atom. The van der Waals surface area contributed by atoms with Crippen LogP contribution in [0.4, 0.5) is 13.2 Å². The Labute approximate surface area is 164 Å². The summed E-state index contributed by atoms with van der Waals surface area (Å²) in [5.41, 5.74) is -1.19. The lowest BCUT2D eigenvalue weighted by molar-refractivity contribution is -0.211. The molecule has 0 aliphatic heterocycles. The topological polar surface area (TPSA) is 12.9 Å². The molecule has 2 aromatic carbocycles. The number of alkyl halides is 3. The van der Waals surface area contributed by atoms with Crippen molar-refractivity contribution >= 4 is 0 Å². The molecular weight excluding hydrogens is 347 g/mol. The molecule has 0 N–H and O–H groups in total. The Bertz CT molecular complexity index is 1110. The van der Waals surface area contributed by atoms with Crippen molar-refractivity contribution in [2.75, 3.05) is 0 Å². The van der Waals surface area contributed by atoms with Crippen LogP contribution >= 0.6 is 0 Å². The second-order valence-electron chi connectivity index (χ2n) is 6.80. The van der Waals surface area contributed by atoms with Gasteiger partial charge in [-0.05, 0) is 47.6 Å². The van der Waals surface area contributed by atoms with Crippen LogP contribution in [0.25, 0.3) is 22.4 Å². The maximum Gasteiger partial charge on any atom is 0.394 e. The molecule has 4 heteroatoms. The van der Waals surface area contributed by atoms with Crippen LogP contribution in [-0.4, -0.2) is 11.2 Å². The predicted octanol–water partition coefficient (Wildman–Crippen LogP) is 6.86. The first kappa shape index (κ1) is 13.5. The van der Waals surface area contributed by atoms with Crippen molar-refractivity contribution < 1.29 is 20.0 Å². The molecule has 0 unspecified atom stereocenters. The Morgan fingerprint density at radius 2 is 1.63 bits per heavy atom. The van der Waals surface area contributed by atoms with Crippen LogP contribution in [0.1, 0.15) is 31.8 Å². The summed E-state index contributed by atoms with van der Waals surface area (Å²) < 4.78 is 80.9. The van der Waals surface area contributed by atoms with E-state index < -0.39 is 35.9 Å². The average Bonchev–Trinajstić information content (AvgIpc) is 2.72. The Balaban J connectivity index is 2.16. The first-order valence-corrected chi connectivity index (χ1v) is 8.40. The van der Waals surface area contributed by atoms with Gasteiger partial charge < -0.3 is 0 Å². The number of aromatic nitrogens is 1. The number of aryl methyl sites for hydroxylation is 1. The molecule has 27 heavy (non-hydrogen) atoms. The van der Waals surface area contributed by atoms with Gasteiger partial charge in [0.15, 0.2) is 0 Å². The smallest absolute Gasteiger partial charge is 0.256 e. The lowest BCUT2D eigenvalue weighted by Gasteiger charge is -2.28. The quantitative estimate of drug-likeness (QED) is 0.486. The molecule has 3 aromatic rings. The number of rotatable bonds is 4. The minimum absolute atomic E-state index is 0.445. The zero-order valence-corrected chi connectivity index (χ0v) is 14.9. The van der Waals surface area contributed by atoms with Gasteiger partial charge >= 0.3 is 6.18 Å². The SMILES string of the molecule is [2H]C([2H])([2H])c1cc(-c2ccnc(-c3ccccc3)c2)ccc1C([2H])([2H])C(C)(C)C(F)(F)F. The molecule has 3 rings (SSSR count). The second-order valence-corrected chi connectivity index (χ2v) is 6.80. The first-order chi connectivity index (χ1) is 14.7. The molecule has 0 saturated heterocycles. The summed E-state index contributed by atoms with van der Waals surface area (Å²) >= 11 is 0. The predicted molar refractivity (Wildman–Crippen MR) is 103 cm³/mol. The van der Waals surface area contributed by atoms with E-state index in [2.05, 4.69) is 4.98 Å². The van der Waals surface area contributed by atoms with E-state index in [1.165, 1.54) is 12.1 Å². The second kappa shape index (κ2) is 7.18. The largest absolute Gasteiger partial charge is 0.394 e. The van der Waals surface area contributed by atoms with Gasteiger partial charge in [-0.3, -0.25) is 4.98 Å². The lowest BCUT2D eigenvalue weighted by atomic mass is 9.83. The summed E-state index contributed by atoms with van der Waals surface area (Å²) in [5, 5.41) is 0. The summed E-state index contributed by atoms with van der Waals surface area (Å²) in [6.45, 7) is -1.34. The maximum atomic E-state index is 13.6. The van der Waals surface area contributed by atoms with Crippen LogP contribution in [0, 0.1) is 12.3 Å². The van der Waals surface area contributed by atoms with Gasteiger partial charge in [0, 0.05) is 18.6 Å². The van der Waals surface area contributed by atoms with E-state index in [9.17, 15) is 13.2 Å². The van der Waals surface area contributed by atoms with Crippen molar-refractivity contribution in [1.82, 2.24) is 4.98 Å². The molecule has 1 heterocycles. The van der Waals surface area contributed by atoms with Crippen molar-refractivity contribution in [2.24, 2.45) is 5.41 Å². The number of hydrogen-bond donors (Lipinski definition) is 0. The molecule has 0 fully saturated rings. The highest BCUT2D eigenvalue weighted by molar-refractivity contribution is 5.71. The number of benzene rings is 2. The van der Waals surface area contributed by atoms with Gasteiger partial charge in [-0.1, -0.05) is 62.4 Å². The summed E-state index contributed by atoms with van der Waals surface area (Å²) in [4.78, 5) is 4.33. The average molecular weight is 374 g/mol. The number of hydrogen-bond acceptors (Lipinski definition) is 1. The third kappa shape index (κ3) is 4.21. The molecule has 0 saturated carbocycles. The van der Waals surface area contributed by atoms with Gasteiger partial charge in [0.1, 0.15) is 0 Å². The van der Waals surface area contributed by atoms with Gasteiger partial charge in [-0.15, -0.1) is 0 Å². The van der Waals surface area contributed by atoms with Crippen LogP contribution in [0.5, 0.6) is 0 Å². The lowest BCUT2D eigenvalue weighted by Crippen LogP contribution is -2.34. The van der Waals surface area contributed by atoms with Crippen LogP contribution in [0.2, 0.25) is 0 Å². The van der Waals surface area contributed by atoms with Crippen LogP contribution in [0.15, 0.2) is 66.9 Å². The van der Waals surface area contributed by atoms with E-state index in [0.29, 0.717) is 16.8 Å². The van der Waals surface area contributed by atoms with E-state index in [1.54, 1.807) is 18.3 Å². The minimum Gasteiger partial charge on any atom is -0.256 e. The standard InChI is InChI=1S/C23H22F3N/c1-16-13-18(9-10-20(16)15-22(2,3)23(24,25)26)19-11-12-27-21(14-19)17-7-5-4-6-8-17/h4-14H,15H2,1-3H3/i1D3,15D2. The molecule has 1 nitrogen and oxygen atoms in total. The van der Waals surface area contributed by atoms with E-state index in [0.717, 1.165) is 25.5 Å². The molecule has 0 aliphatic carbocycles. The van der Waals surface area contributed by atoms with Gasteiger partial charge in [0.25, 0.3) is 0 Å².